The molecule has 0 aliphatic carbocycles. The molecule has 1 heterocycles. The molecule has 1 rings (SSSR count). The van der Waals surface area contributed by atoms with E-state index in [1.54, 1.807) is 0 Å². The average molecular weight is 202 g/mol. The molecule has 1 saturated heterocycles. The summed E-state index contributed by atoms with van der Waals surface area (Å²) in [6.07, 6.45) is 1.32. The molecule has 0 aromatic rings. The SMILES string of the molecule is CC(CS)CN1CCCN(C)CC1. The van der Waals surface area contributed by atoms with Gasteiger partial charge in [-0.15, -0.1) is 0 Å². The molecule has 0 amide bonds. The topological polar surface area (TPSA) is 6.48 Å². The molecule has 0 radical (unpaired) electrons. The molecule has 0 aromatic heterocycles. The van der Waals surface area contributed by atoms with Gasteiger partial charge in [0.05, 0.1) is 0 Å². The van der Waals surface area contributed by atoms with Gasteiger partial charge in [-0.3, -0.25) is 0 Å². The van der Waals surface area contributed by atoms with E-state index in [1.807, 2.05) is 0 Å². The molecule has 78 valence electrons. The highest BCUT2D eigenvalue weighted by molar-refractivity contribution is 7.80. The summed E-state index contributed by atoms with van der Waals surface area (Å²) in [5, 5.41) is 0. The van der Waals surface area contributed by atoms with Crippen LogP contribution < -0.4 is 0 Å². The number of rotatable bonds is 3. The first-order valence-electron chi connectivity index (χ1n) is 5.24. The molecule has 0 spiro atoms. The minimum absolute atomic E-state index is 0.728. The molecule has 1 atom stereocenters. The zero-order chi connectivity index (χ0) is 9.68. The highest BCUT2D eigenvalue weighted by Gasteiger charge is 2.13. The molecule has 0 aromatic carbocycles. The van der Waals surface area contributed by atoms with Gasteiger partial charge in [0.25, 0.3) is 0 Å². The van der Waals surface area contributed by atoms with Gasteiger partial charge in [-0.2, -0.15) is 12.6 Å². The van der Waals surface area contributed by atoms with Crippen LogP contribution in [-0.2, 0) is 0 Å². The number of thiol groups is 1. The molecule has 0 saturated carbocycles. The second-order valence-electron chi connectivity index (χ2n) is 4.25. The molecular weight excluding hydrogens is 180 g/mol. The van der Waals surface area contributed by atoms with Crippen molar-refractivity contribution >= 4 is 12.6 Å². The predicted octanol–water partition coefficient (Wildman–Crippen LogP) is 1.19. The van der Waals surface area contributed by atoms with Crippen molar-refractivity contribution in [1.29, 1.82) is 0 Å². The molecule has 1 unspecified atom stereocenters. The molecule has 1 aliphatic rings. The lowest BCUT2D eigenvalue weighted by molar-refractivity contribution is 0.251. The third-order valence-corrected chi connectivity index (χ3v) is 3.32. The van der Waals surface area contributed by atoms with E-state index in [9.17, 15) is 0 Å². The van der Waals surface area contributed by atoms with Gasteiger partial charge in [-0.1, -0.05) is 6.92 Å². The lowest BCUT2D eigenvalue weighted by Crippen LogP contribution is -2.32. The van der Waals surface area contributed by atoms with Crippen LogP contribution in [0.3, 0.4) is 0 Å². The molecule has 1 aliphatic heterocycles. The van der Waals surface area contributed by atoms with Crippen LogP contribution in [0.4, 0.5) is 0 Å². The van der Waals surface area contributed by atoms with Gasteiger partial charge in [-0.05, 0) is 38.2 Å². The van der Waals surface area contributed by atoms with Gasteiger partial charge in [0, 0.05) is 19.6 Å². The molecular formula is C10H22N2S. The van der Waals surface area contributed by atoms with Crippen molar-refractivity contribution in [2.75, 3.05) is 45.5 Å². The fraction of sp³-hybridized carbons (Fsp3) is 1.00. The summed E-state index contributed by atoms with van der Waals surface area (Å²) in [6, 6.07) is 0. The van der Waals surface area contributed by atoms with E-state index in [-0.39, 0.29) is 0 Å². The van der Waals surface area contributed by atoms with Crippen LogP contribution in [0.2, 0.25) is 0 Å². The molecule has 2 nitrogen and oxygen atoms in total. The van der Waals surface area contributed by atoms with Crippen molar-refractivity contribution in [2.24, 2.45) is 5.92 Å². The highest BCUT2D eigenvalue weighted by Crippen LogP contribution is 2.06. The van der Waals surface area contributed by atoms with E-state index in [0.717, 1.165) is 11.7 Å². The minimum Gasteiger partial charge on any atom is -0.305 e. The lowest BCUT2D eigenvalue weighted by atomic mass is 10.2. The minimum atomic E-state index is 0.728. The van der Waals surface area contributed by atoms with Gasteiger partial charge in [0.15, 0.2) is 0 Å². The Morgan fingerprint density at radius 2 is 2.00 bits per heavy atom. The summed E-state index contributed by atoms with van der Waals surface area (Å²) in [6.45, 7) is 8.47. The van der Waals surface area contributed by atoms with Gasteiger partial charge < -0.3 is 9.80 Å². The van der Waals surface area contributed by atoms with Gasteiger partial charge in [0.2, 0.25) is 0 Å². The van der Waals surface area contributed by atoms with Crippen LogP contribution >= 0.6 is 12.6 Å². The summed E-state index contributed by atoms with van der Waals surface area (Å²) < 4.78 is 0. The lowest BCUT2D eigenvalue weighted by Gasteiger charge is -2.22. The first-order valence-corrected chi connectivity index (χ1v) is 5.87. The van der Waals surface area contributed by atoms with Crippen molar-refractivity contribution in [1.82, 2.24) is 9.80 Å². The van der Waals surface area contributed by atoms with E-state index in [1.165, 1.54) is 39.1 Å². The second kappa shape index (κ2) is 5.89. The van der Waals surface area contributed by atoms with Crippen LogP contribution in [0.1, 0.15) is 13.3 Å². The maximum absolute atomic E-state index is 4.32. The van der Waals surface area contributed by atoms with Crippen LogP contribution in [-0.4, -0.2) is 55.3 Å². The van der Waals surface area contributed by atoms with E-state index in [4.69, 9.17) is 0 Å². The quantitative estimate of drug-likeness (QED) is 0.687. The third kappa shape index (κ3) is 4.34. The van der Waals surface area contributed by atoms with Crippen LogP contribution in [0.15, 0.2) is 0 Å². The highest BCUT2D eigenvalue weighted by atomic mass is 32.1. The Bertz CT molecular complexity index is 141. The Hall–Kier alpha value is 0.270. The summed E-state index contributed by atoms with van der Waals surface area (Å²) in [5.74, 6) is 1.73. The summed E-state index contributed by atoms with van der Waals surface area (Å²) in [5.41, 5.74) is 0. The number of hydrogen-bond donors (Lipinski definition) is 1. The zero-order valence-corrected chi connectivity index (χ0v) is 9.76. The summed E-state index contributed by atoms with van der Waals surface area (Å²) >= 11 is 4.32. The molecule has 13 heavy (non-hydrogen) atoms. The Labute approximate surface area is 87.7 Å². The van der Waals surface area contributed by atoms with Crippen molar-refractivity contribution in [3.05, 3.63) is 0 Å². The maximum Gasteiger partial charge on any atom is 0.0109 e. The normalized spacial score (nSPS) is 24.2. The Morgan fingerprint density at radius 1 is 1.23 bits per heavy atom. The molecule has 3 heteroatoms. The number of likely N-dealkylation sites (N-methyl/N-ethyl adjacent to an activating group) is 1. The van der Waals surface area contributed by atoms with Crippen molar-refractivity contribution in [2.45, 2.75) is 13.3 Å². The standard InChI is InChI=1S/C10H22N2S/c1-10(9-13)8-12-5-3-4-11(2)6-7-12/h10,13H,3-9H2,1-2H3. The van der Waals surface area contributed by atoms with E-state index in [0.29, 0.717) is 0 Å². The molecule has 1 fully saturated rings. The Morgan fingerprint density at radius 3 is 2.69 bits per heavy atom. The Kier molecular flexibility index (Phi) is 5.14. The summed E-state index contributed by atoms with van der Waals surface area (Å²) in [4.78, 5) is 5.00. The largest absolute Gasteiger partial charge is 0.305 e. The summed E-state index contributed by atoms with van der Waals surface area (Å²) in [7, 11) is 2.21. The fourth-order valence-electron chi connectivity index (χ4n) is 1.78. The number of nitrogens with zero attached hydrogens (tertiary/aromatic N) is 2. The van der Waals surface area contributed by atoms with Crippen LogP contribution in [0, 0.1) is 5.92 Å². The first kappa shape index (κ1) is 11.3. The first-order chi connectivity index (χ1) is 6.22. The predicted molar refractivity (Wildman–Crippen MR) is 61.6 cm³/mol. The smallest absolute Gasteiger partial charge is 0.0109 e. The van der Waals surface area contributed by atoms with Crippen LogP contribution in [0.25, 0.3) is 0 Å². The van der Waals surface area contributed by atoms with Gasteiger partial charge in [0.1, 0.15) is 0 Å². The van der Waals surface area contributed by atoms with Gasteiger partial charge >= 0.3 is 0 Å². The van der Waals surface area contributed by atoms with Crippen molar-refractivity contribution < 1.29 is 0 Å². The van der Waals surface area contributed by atoms with E-state index < -0.39 is 0 Å². The fourth-order valence-corrected chi connectivity index (χ4v) is 1.90. The van der Waals surface area contributed by atoms with Crippen molar-refractivity contribution in [3.8, 4) is 0 Å². The molecule has 0 N–H and O–H groups in total. The zero-order valence-electron chi connectivity index (χ0n) is 8.87. The monoisotopic (exact) mass is 202 g/mol. The maximum atomic E-state index is 4.32. The second-order valence-corrected chi connectivity index (χ2v) is 4.61. The van der Waals surface area contributed by atoms with Crippen molar-refractivity contribution in [3.63, 3.8) is 0 Å². The van der Waals surface area contributed by atoms with Gasteiger partial charge in [-0.25, -0.2) is 0 Å². The number of hydrogen-bond acceptors (Lipinski definition) is 3. The third-order valence-electron chi connectivity index (χ3n) is 2.69. The average Bonchev–Trinajstić information content (AvgIpc) is 2.31. The Balaban J connectivity index is 2.25. The van der Waals surface area contributed by atoms with E-state index in [2.05, 4.69) is 36.4 Å². The van der Waals surface area contributed by atoms with Crippen LogP contribution in [0.5, 0.6) is 0 Å². The molecule has 0 bridgehead atoms. The van der Waals surface area contributed by atoms with E-state index >= 15 is 0 Å².